The van der Waals surface area contributed by atoms with Gasteiger partial charge in [-0.1, -0.05) is 31.2 Å². The molecule has 0 aromatic heterocycles. The van der Waals surface area contributed by atoms with Crippen LogP contribution in [-0.4, -0.2) is 12.0 Å². The third-order valence-corrected chi connectivity index (χ3v) is 3.58. The van der Waals surface area contributed by atoms with Crippen molar-refractivity contribution in [2.24, 2.45) is 0 Å². The van der Waals surface area contributed by atoms with Crippen LogP contribution in [0.5, 0.6) is 5.75 Å². The Morgan fingerprint density at radius 3 is 2.68 bits per heavy atom. The van der Waals surface area contributed by atoms with Crippen LogP contribution in [0.25, 0.3) is 0 Å². The molecule has 0 spiro atoms. The molecule has 5 heteroatoms. The minimum absolute atomic E-state index is 0.0751. The number of methoxy groups -OCH3 is 1. The molecule has 0 saturated carbocycles. The highest BCUT2D eigenvalue weighted by Gasteiger charge is 2.13. The predicted molar refractivity (Wildman–Crippen MR) is 86.0 cm³/mol. The lowest BCUT2D eigenvalue weighted by Gasteiger charge is -2.17. The topological polar surface area (TPSA) is 64.4 Å². The van der Waals surface area contributed by atoms with E-state index in [0.717, 1.165) is 23.3 Å². The molecule has 0 amide bonds. The molecule has 116 valence electrons. The second kappa shape index (κ2) is 7.56. The summed E-state index contributed by atoms with van der Waals surface area (Å²) in [4.78, 5) is 10.5. The zero-order chi connectivity index (χ0) is 15.9. The zero-order valence-electron chi connectivity index (χ0n) is 12.8. The summed E-state index contributed by atoms with van der Waals surface area (Å²) in [7, 11) is 1.64. The van der Waals surface area contributed by atoms with Gasteiger partial charge in [0.25, 0.3) is 5.69 Å². The standard InChI is InChI=1S/C17H20N2O3/c1-3-17(14-7-5-8-15(11-14)19(20)21)18-12-13-6-4-9-16(10-13)22-2/h4-11,17-18H,3,12H2,1-2H3. The van der Waals surface area contributed by atoms with Crippen LogP contribution in [0.15, 0.2) is 48.5 Å². The molecule has 0 aliphatic rings. The van der Waals surface area contributed by atoms with Crippen molar-refractivity contribution >= 4 is 5.69 Å². The first kappa shape index (κ1) is 16.0. The second-order valence-electron chi connectivity index (χ2n) is 5.05. The molecule has 1 atom stereocenters. The SMILES string of the molecule is CCC(NCc1cccc(OC)c1)c1cccc([N+](=O)[O-])c1. The summed E-state index contributed by atoms with van der Waals surface area (Å²) in [5.41, 5.74) is 2.17. The van der Waals surface area contributed by atoms with Crippen LogP contribution in [0.4, 0.5) is 5.69 Å². The van der Waals surface area contributed by atoms with Crippen molar-refractivity contribution in [3.8, 4) is 5.75 Å². The largest absolute Gasteiger partial charge is 0.497 e. The van der Waals surface area contributed by atoms with Crippen LogP contribution in [0.2, 0.25) is 0 Å². The van der Waals surface area contributed by atoms with Crippen LogP contribution in [0.3, 0.4) is 0 Å². The summed E-state index contributed by atoms with van der Waals surface area (Å²) in [6.45, 7) is 2.74. The van der Waals surface area contributed by atoms with E-state index >= 15 is 0 Å². The van der Waals surface area contributed by atoms with Crippen molar-refractivity contribution in [1.29, 1.82) is 0 Å². The average Bonchev–Trinajstić information content (AvgIpc) is 2.56. The number of hydrogen-bond acceptors (Lipinski definition) is 4. The lowest BCUT2D eigenvalue weighted by atomic mass is 10.0. The minimum Gasteiger partial charge on any atom is -0.497 e. The van der Waals surface area contributed by atoms with Gasteiger partial charge in [-0.25, -0.2) is 0 Å². The van der Waals surface area contributed by atoms with Crippen molar-refractivity contribution in [3.05, 3.63) is 69.8 Å². The third kappa shape index (κ3) is 4.05. The maximum atomic E-state index is 10.9. The van der Waals surface area contributed by atoms with Gasteiger partial charge < -0.3 is 10.1 Å². The monoisotopic (exact) mass is 300 g/mol. The molecule has 0 bridgehead atoms. The number of nitrogens with one attached hydrogen (secondary N) is 1. The molecule has 5 nitrogen and oxygen atoms in total. The number of nitrogens with zero attached hydrogens (tertiary/aromatic N) is 1. The fourth-order valence-electron chi connectivity index (χ4n) is 2.38. The Hall–Kier alpha value is -2.40. The molecule has 0 saturated heterocycles. The Kier molecular flexibility index (Phi) is 5.49. The summed E-state index contributed by atoms with van der Waals surface area (Å²) < 4.78 is 5.21. The number of non-ortho nitro benzene ring substituents is 1. The van der Waals surface area contributed by atoms with Crippen LogP contribution in [0.1, 0.15) is 30.5 Å². The molecular formula is C17H20N2O3. The Morgan fingerprint density at radius 2 is 2.00 bits per heavy atom. The number of nitro groups is 1. The van der Waals surface area contributed by atoms with Gasteiger partial charge in [0.05, 0.1) is 12.0 Å². The van der Waals surface area contributed by atoms with Gasteiger partial charge in [-0.15, -0.1) is 0 Å². The number of benzene rings is 2. The Morgan fingerprint density at radius 1 is 1.23 bits per heavy atom. The van der Waals surface area contributed by atoms with E-state index in [1.54, 1.807) is 19.2 Å². The first-order valence-corrected chi connectivity index (χ1v) is 7.24. The molecule has 1 N–H and O–H groups in total. The summed E-state index contributed by atoms with van der Waals surface area (Å²) in [6, 6.07) is 14.7. The third-order valence-electron chi connectivity index (χ3n) is 3.58. The molecule has 0 radical (unpaired) electrons. The van der Waals surface area contributed by atoms with Gasteiger partial charge >= 0.3 is 0 Å². The first-order valence-electron chi connectivity index (χ1n) is 7.24. The number of rotatable bonds is 7. The normalized spacial score (nSPS) is 11.9. The van der Waals surface area contributed by atoms with E-state index in [0.29, 0.717) is 6.54 Å². The molecule has 22 heavy (non-hydrogen) atoms. The Bertz CT molecular complexity index is 643. The van der Waals surface area contributed by atoms with E-state index in [1.807, 2.05) is 30.3 Å². The van der Waals surface area contributed by atoms with Crippen LogP contribution in [-0.2, 0) is 6.54 Å². The summed E-state index contributed by atoms with van der Waals surface area (Å²) in [5, 5.41) is 14.3. The van der Waals surface area contributed by atoms with Crippen molar-refractivity contribution in [1.82, 2.24) is 5.32 Å². The van der Waals surface area contributed by atoms with E-state index in [-0.39, 0.29) is 16.7 Å². The number of hydrogen-bond donors (Lipinski definition) is 1. The first-order chi connectivity index (χ1) is 10.6. The van der Waals surface area contributed by atoms with E-state index in [2.05, 4.69) is 12.2 Å². The van der Waals surface area contributed by atoms with Gasteiger partial charge in [0.1, 0.15) is 5.75 Å². The maximum absolute atomic E-state index is 10.9. The van der Waals surface area contributed by atoms with Crippen LogP contribution in [0, 0.1) is 10.1 Å². The van der Waals surface area contributed by atoms with Crippen LogP contribution >= 0.6 is 0 Å². The molecule has 2 rings (SSSR count). The number of nitro benzene ring substituents is 1. The molecule has 0 fully saturated rings. The van der Waals surface area contributed by atoms with Gasteiger partial charge in [0.2, 0.25) is 0 Å². The maximum Gasteiger partial charge on any atom is 0.269 e. The molecule has 0 aliphatic carbocycles. The van der Waals surface area contributed by atoms with Crippen molar-refractivity contribution < 1.29 is 9.66 Å². The highest BCUT2D eigenvalue weighted by Crippen LogP contribution is 2.22. The second-order valence-corrected chi connectivity index (χ2v) is 5.05. The highest BCUT2D eigenvalue weighted by molar-refractivity contribution is 5.36. The molecular weight excluding hydrogens is 280 g/mol. The fraction of sp³-hybridized carbons (Fsp3) is 0.294. The van der Waals surface area contributed by atoms with Gasteiger partial charge in [-0.3, -0.25) is 10.1 Å². The smallest absolute Gasteiger partial charge is 0.269 e. The van der Waals surface area contributed by atoms with Gasteiger partial charge in [0.15, 0.2) is 0 Å². The quantitative estimate of drug-likeness (QED) is 0.623. The minimum atomic E-state index is -0.363. The van der Waals surface area contributed by atoms with Gasteiger partial charge in [-0.2, -0.15) is 0 Å². The van der Waals surface area contributed by atoms with E-state index in [1.165, 1.54) is 6.07 Å². The fourth-order valence-corrected chi connectivity index (χ4v) is 2.38. The summed E-state index contributed by atoms with van der Waals surface area (Å²) >= 11 is 0. The average molecular weight is 300 g/mol. The highest BCUT2D eigenvalue weighted by atomic mass is 16.6. The molecule has 0 aliphatic heterocycles. The number of ether oxygens (including phenoxy) is 1. The molecule has 2 aromatic rings. The van der Waals surface area contributed by atoms with E-state index < -0.39 is 0 Å². The summed E-state index contributed by atoms with van der Waals surface area (Å²) in [6.07, 6.45) is 0.852. The lowest BCUT2D eigenvalue weighted by molar-refractivity contribution is -0.384. The van der Waals surface area contributed by atoms with Crippen LogP contribution < -0.4 is 10.1 Å². The molecule has 0 heterocycles. The van der Waals surface area contributed by atoms with Gasteiger partial charge in [0, 0.05) is 24.7 Å². The van der Waals surface area contributed by atoms with Crippen molar-refractivity contribution in [2.45, 2.75) is 25.9 Å². The van der Waals surface area contributed by atoms with Crippen molar-refractivity contribution in [2.75, 3.05) is 7.11 Å². The molecule has 2 aromatic carbocycles. The van der Waals surface area contributed by atoms with Gasteiger partial charge in [-0.05, 0) is 29.7 Å². The van der Waals surface area contributed by atoms with Crippen molar-refractivity contribution in [3.63, 3.8) is 0 Å². The lowest BCUT2D eigenvalue weighted by Crippen LogP contribution is -2.20. The molecule has 1 unspecified atom stereocenters. The van der Waals surface area contributed by atoms with E-state index in [9.17, 15) is 10.1 Å². The zero-order valence-corrected chi connectivity index (χ0v) is 12.8. The predicted octanol–water partition coefficient (Wildman–Crippen LogP) is 3.84. The Labute approximate surface area is 130 Å². The Balaban J connectivity index is 2.08. The van der Waals surface area contributed by atoms with E-state index in [4.69, 9.17) is 4.74 Å². The summed E-state index contributed by atoms with van der Waals surface area (Å²) in [5.74, 6) is 0.822.